The SMILES string of the molecule is COC(=O)CC[C@@H](C)[C@H]1CC[C@H]2[C@@H]3C(=O)C[C@@H]4C/C(=N/NC(=S)N/N=C/c5cccc(O)c5)CC[C@]4(C)[C@H]3CC[C@]12C. The molecular weight excluding hydrogens is 548 g/mol. The van der Waals surface area contributed by atoms with Crippen molar-refractivity contribution in [3.05, 3.63) is 29.8 Å². The lowest BCUT2D eigenvalue weighted by atomic mass is 9.44. The number of esters is 1. The minimum absolute atomic E-state index is 0.126. The molecule has 4 fully saturated rings. The van der Waals surface area contributed by atoms with Gasteiger partial charge in [-0.25, -0.2) is 0 Å². The van der Waals surface area contributed by atoms with Crippen molar-refractivity contribution in [2.45, 2.75) is 85.0 Å². The molecule has 0 aromatic heterocycles. The van der Waals surface area contributed by atoms with Crippen LogP contribution >= 0.6 is 12.2 Å². The molecule has 1 aromatic rings. The fraction of sp³-hybridized carbons (Fsp3) is 0.667. The third-order valence-electron chi connectivity index (χ3n) is 11.7. The fourth-order valence-electron chi connectivity index (χ4n) is 9.39. The fourth-order valence-corrected chi connectivity index (χ4v) is 9.49. The molecule has 5 rings (SSSR count). The molecular formula is C33H46N4O4S. The Kier molecular flexibility index (Phi) is 9.07. The highest BCUT2D eigenvalue weighted by Crippen LogP contribution is 2.67. The quantitative estimate of drug-likeness (QED) is 0.154. The van der Waals surface area contributed by atoms with Gasteiger partial charge in [-0.1, -0.05) is 32.9 Å². The summed E-state index contributed by atoms with van der Waals surface area (Å²) in [7, 11) is 1.46. The first-order valence-corrected chi connectivity index (χ1v) is 16.0. The van der Waals surface area contributed by atoms with Crippen LogP contribution in [0.2, 0.25) is 0 Å². The second-order valence-corrected chi connectivity index (χ2v) is 14.1. The van der Waals surface area contributed by atoms with Gasteiger partial charge in [0.2, 0.25) is 5.11 Å². The summed E-state index contributed by atoms with van der Waals surface area (Å²) >= 11 is 5.34. The smallest absolute Gasteiger partial charge is 0.305 e. The van der Waals surface area contributed by atoms with Crippen molar-refractivity contribution < 1.29 is 19.4 Å². The van der Waals surface area contributed by atoms with Crippen molar-refractivity contribution in [2.24, 2.45) is 56.5 Å². The number of phenols is 1. The lowest BCUT2D eigenvalue weighted by molar-refractivity contribution is -0.153. The van der Waals surface area contributed by atoms with Crippen LogP contribution in [0.3, 0.4) is 0 Å². The number of hydrogen-bond acceptors (Lipinski definition) is 7. The highest BCUT2D eigenvalue weighted by atomic mass is 32.1. The van der Waals surface area contributed by atoms with Gasteiger partial charge in [-0.3, -0.25) is 20.4 Å². The average molecular weight is 595 g/mol. The molecule has 0 aliphatic heterocycles. The number of benzene rings is 1. The number of nitrogens with one attached hydrogen (secondary N) is 2. The third-order valence-corrected chi connectivity index (χ3v) is 11.8. The summed E-state index contributed by atoms with van der Waals surface area (Å²) in [6, 6.07) is 6.81. The van der Waals surface area contributed by atoms with Gasteiger partial charge in [0.15, 0.2) is 0 Å². The number of ketones is 1. The van der Waals surface area contributed by atoms with Gasteiger partial charge < -0.3 is 9.84 Å². The Balaban J connectivity index is 1.20. The van der Waals surface area contributed by atoms with E-state index in [0.29, 0.717) is 53.3 Å². The number of Topliss-reactive ketones (excluding diaryl/α,β-unsaturated/α-hetero) is 1. The summed E-state index contributed by atoms with van der Waals surface area (Å²) in [6.07, 6.45) is 10.9. The van der Waals surface area contributed by atoms with Crippen LogP contribution in [-0.4, -0.2) is 41.0 Å². The highest BCUT2D eigenvalue weighted by molar-refractivity contribution is 7.80. The zero-order valence-corrected chi connectivity index (χ0v) is 26.2. The molecule has 0 unspecified atom stereocenters. The van der Waals surface area contributed by atoms with Crippen LogP contribution in [0.25, 0.3) is 0 Å². The van der Waals surface area contributed by atoms with Crippen molar-refractivity contribution in [3.8, 4) is 5.75 Å². The van der Waals surface area contributed by atoms with Crippen LogP contribution in [-0.2, 0) is 14.3 Å². The second-order valence-electron chi connectivity index (χ2n) is 13.7. The predicted octanol–water partition coefficient (Wildman–Crippen LogP) is 5.97. The van der Waals surface area contributed by atoms with Gasteiger partial charge in [0, 0.05) is 24.5 Å². The maximum atomic E-state index is 13.9. The highest BCUT2D eigenvalue weighted by Gasteiger charge is 2.62. The Morgan fingerprint density at radius 1 is 1.17 bits per heavy atom. The van der Waals surface area contributed by atoms with E-state index in [1.54, 1.807) is 24.4 Å². The maximum absolute atomic E-state index is 13.9. The Labute approximate surface area is 255 Å². The molecule has 0 bridgehead atoms. The number of aromatic hydroxyl groups is 1. The van der Waals surface area contributed by atoms with Crippen molar-refractivity contribution in [1.29, 1.82) is 0 Å². The van der Waals surface area contributed by atoms with Crippen LogP contribution in [0, 0.1) is 46.3 Å². The molecule has 228 valence electrons. The molecule has 0 amide bonds. The third kappa shape index (κ3) is 5.99. The van der Waals surface area contributed by atoms with E-state index < -0.39 is 0 Å². The summed E-state index contributed by atoms with van der Waals surface area (Å²) in [5, 5.41) is 18.6. The number of thiocarbonyl (C=S) groups is 1. The zero-order chi connectivity index (χ0) is 30.1. The molecule has 42 heavy (non-hydrogen) atoms. The Bertz CT molecular complexity index is 1270. The number of hydrogen-bond donors (Lipinski definition) is 3. The van der Waals surface area contributed by atoms with Gasteiger partial charge in [-0.15, -0.1) is 0 Å². The molecule has 0 radical (unpaired) electrons. The molecule has 4 saturated carbocycles. The first-order chi connectivity index (χ1) is 20.0. The molecule has 0 heterocycles. The normalized spacial score (nSPS) is 35.7. The number of fused-ring (bicyclic) bond motifs is 5. The molecule has 8 atom stereocenters. The zero-order valence-electron chi connectivity index (χ0n) is 25.4. The second kappa shape index (κ2) is 12.4. The van der Waals surface area contributed by atoms with Gasteiger partial charge in [0.05, 0.1) is 13.3 Å². The molecule has 0 spiro atoms. The van der Waals surface area contributed by atoms with Crippen molar-refractivity contribution in [2.75, 3.05) is 7.11 Å². The van der Waals surface area contributed by atoms with Crippen LogP contribution < -0.4 is 10.9 Å². The largest absolute Gasteiger partial charge is 0.508 e. The number of nitrogens with zero attached hydrogens (tertiary/aromatic N) is 2. The number of phenolic OH excluding ortho intramolecular Hbond substituents is 1. The molecule has 1 aromatic carbocycles. The van der Waals surface area contributed by atoms with E-state index in [0.717, 1.165) is 56.2 Å². The number of rotatable bonds is 7. The number of carbonyl (C=O) groups is 2. The standard InChI is InChI=1S/C33H46N4O4S/c1-20(8-11-29(40)41-4)25-9-10-26-30-27(13-15-33(25,26)3)32(2)14-12-23(17-22(32)18-28(30)39)35-37-31(42)36-34-19-21-6-5-7-24(38)16-21/h5-7,16,19-20,22,25-27,30,38H,8-15,17-18H2,1-4H3,(H2,36,37,42)/b34-19+,35-23+/t20-,22+,25-,26+,27+,30+,32+,33-/m1/s1. The number of ether oxygens (including phenoxy) is 1. The first-order valence-electron chi connectivity index (χ1n) is 15.6. The van der Waals surface area contributed by atoms with Gasteiger partial charge in [-0.2, -0.15) is 10.2 Å². The topological polar surface area (TPSA) is 112 Å². The Morgan fingerprint density at radius 3 is 2.71 bits per heavy atom. The lowest BCUT2D eigenvalue weighted by Crippen LogP contribution is -2.57. The molecule has 9 heteroatoms. The molecule has 4 aliphatic carbocycles. The molecule has 4 aliphatic rings. The van der Waals surface area contributed by atoms with Gasteiger partial charge in [0.1, 0.15) is 11.5 Å². The van der Waals surface area contributed by atoms with E-state index in [9.17, 15) is 14.7 Å². The minimum Gasteiger partial charge on any atom is -0.508 e. The Hall–Kier alpha value is -2.81. The Morgan fingerprint density at radius 2 is 1.95 bits per heavy atom. The molecule has 8 nitrogen and oxygen atoms in total. The average Bonchev–Trinajstić information content (AvgIpc) is 3.32. The number of hydrazone groups is 2. The summed E-state index contributed by atoms with van der Waals surface area (Å²) in [6.45, 7) is 7.19. The van der Waals surface area contributed by atoms with E-state index >= 15 is 0 Å². The first kappa shape index (κ1) is 30.6. The minimum atomic E-state index is -0.126. The van der Waals surface area contributed by atoms with Gasteiger partial charge >= 0.3 is 5.97 Å². The van der Waals surface area contributed by atoms with E-state index in [-0.39, 0.29) is 28.5 Å². The lowest BCUT2D eigenvalue weighted by Gasteiger charge is -2.60. The van der Waals surface area contributed by atoms with Crippen LogP contribution in [0.5, 0.6) is 5.75 Å². The van der Waals surface area contributed by atoms with E-state index in [1.165, 1.54) is 13.5 Å². The summed E-state index contributed by atoms with van der Waals surface area (Å²) in [5.74, 6) is 2.91. The summed E-state index contributed by atoms with van der Waals surface area (Å²) < 4.78 is 4.89. The predicted molar refractivity (Wildman–Crippen MR) is 168 cm³/mol. The number of methoxy groups -OCH3 is 1. The van der Waals surface area contributed by atoms with Crippen LogP contribution in [0.15, 0.2) is 34.5 Å². The summed E-state index contributed by atoms with van der Waals surface area (Å²) in [4.78, 5) is 25.7. The van der Waals surface area contributed by atoms with E-state index in [2.05, 4.69) is 41.8 Å². The maximum Gasteiger partial charge on any atom is 0.305 e. The van der Waals surface area contributed by atoms with Crippen molar-refractivity contribution in [3.63, 3.8) is 0 Å². The van der Waals surface area contributed by atoms with E-state index in [1.807, 2.05) is 6.07 Å². The van der Waals surface area contributed by atoms with Gasteiger partial charge in [0.25, 0.3) is 0 Å². The van der Waals surface area contributed by atoms with Gasteiger partial charge in [-0.05, 0) is 122 Å². The monoisotopic (exact) mass is 594 g/mol. The number of carbonyl (C=O) groups excluding carboxylic acids is 2. The van der Waals surface area contributed by atoms with Crippen LogP contribution in [0.4, 0.5) is 0 Å². The summed E-state index contributed by atoms with van der Waals surface area (Å²) in [5.41, 5.74) is 7.85. The molecule has 3 N–H and O–H groups in total. The van der Waals surface area contributed by atoms with E-state index in [4.69, 9.17) is 17.0 Å². The van der Waals surface area contributed by atoms with Crippen molar-refractivity contribution in [1.82, 2.24) is 10.9 Å². The molecule has 0 saturated heterocycles. The van der Waals surface area contributed by atoms with Crippen LogP contribution in [0.1, 0.15) is 90.5 Å². The van der Waals surface area contributed by atoms with Crippen molar-refractivity contribution >= 4 is 41.0 Å².